The molecule has 0 saturated carbocycles. The maximum atomic E-state index is 13.1. The minimum Gasteiger partial charge on any atom is -0.379 e. The number of nitrogens with one attached hydrogen (secondary N) is 2. The molecule has 3 aromatic rings. The van der Waals surface area contributed by atoms with Crippen molar-refractivity contribution < 1.29 is 9.53 Å². The monoisotopic (exact) mass is 442 g/mol. The fraction of sp³-hybridized carbons (Fsp3) is 0.273. The Morgan fingerprint density at radius 2 is 1.83 bits per heavy atom. The molecular formula is C22H23ClN4O2S. The fourth-order valence-corrected chi connectivity index (χ4v) is 4.24. The minimum atomic E-state index is -0.198. The van der Waals surface area contributed by atoms with Gasteiger partial charge >= 0.3 is 0 Å². The Labute approximate surface area is 185 Å². The number of ether oxygens (including phenoxy) is 1. The largest absolute Gasteiger partial charge is 0.379 e. The van der Waals surface area contributed by atoms with E-state index in [0.29, 0.717) is 35.2 Å². The Hall–Kier alpha value is -2.45. The van der Waals surface area contributed by atoms with E-state index in [4.69, 9.17) is 28.6 Å². The molecule has 1 unspecified atom stereocenters. The van der Waals surface area contributed by atoms with Crippen LogP contribution in [0.5, 0.6) is 0 Å². The van der Waals surface area contributed by atoms with Crippen molar-refractivity contribution in [2.24, 2.45) is 0 Å². The predicted molar refractivity (Wildman–Crippen MR) is 120 cm³/mol. The van der Waals surface area contributed by atoms with Crippen LogP contribution in [0.1, 0.15) is 22.1 Å². The summed E-state index contributed by atoms with van der Waals surface area (Å²) in [4.78, 5) is 18.4. The molecule has 30 heavy (non-hydrogen) atoms. The van der Waals surface area contributed by atoms with Crippen molar-refractivity contribution >= 4 is 29.7 Å². The summed E-state index contributed by atoms with van der Waals surface area (Å²) in [5.41, 5.74) is 2.30. The maximum absolute atomic E-state index is 13.1. The van der Waals surface area contributed by atoms with E-state index in [-0.39, 0.29) is 11.9 Å². The minimum absolute atomic E-state index is 0.0429. The van der Waals surface area contributed by atoms with Crippen LogP contribution in [0, 0.1) is 4.77 Å². The summed E-state index contributed by atoms with van der Waals surface area (Å²) in [5, 5.41) is 3.77. The highest BCUT2D eigenvalue weighted by Gasteiger charge is 2.25. The molecule has 1 aliphatic heterocycles. The van der Waals surface area contributed by atoms with Gasteiger partial charge in [-0.3, -0.25) is 14.3 Å². The Bertz CT molecular complexity index is 1060. The molecule has 2 N–H and O–H groups in total. The van der Waals surface area contributed by atoms with E-state index >= 15 is 0 Å². The van der Waals surface area contributed by atoms with Gasteiger partial charge in [0.1, 0.15) is 5.69 Å². The summed E-state index contributed by atoms with van der Waals surface area (Å²) < 4.78 is 7.71. The molecule has 1 atom stereocenters. The summed E-state index contributed by atoms with van der Waals surface area (Å²) in [6, 6.07) is 17.3. The number of carbonyl (C=O) groups excluding carboxylic acids is 1. The van der Waals surface area contributed by atoms with Crippen LogP contribution in [0.25, 0.3) is 5.69 Å². The molecule has 1 saturated heterocycles. The van der Waals surface area contributed by atoms with E-state index in [2.05, 4.69) is 15.2 Å². The van der Waals surface area contributed by atoms with Crippen molar-refractivity contribution in [1.29, 1.82) is 0 Å². The standard InChI is InChI=1S/C22H23ClN4O2S/c23-18-9-5-4-8-17(18)19(26-10-12-29-13-11-26)14-24-21(28)20-15-25-22(30)27(20)16-6-2-1-3-7-16/h1-9,15,19H,10-14H2,(H,24,28)(H,25,30). The van der Waals surface area contributed by atoms with Gasteiger partial charge in [0.25, 0.3) is 5.91 Å². The number of aromatic amines is 1. The average Bonchev–Trinajstić information content (AvgIpc) is 3.18. The van der Waals surface area contributed by atoms with Gasteiger partial charge in [0, 0.05) is 36.5 Å². The van der Waals surface area contributed by atoms with E-state index in [0.717, 1.165) is 24.3 Å². The number of imidazole rings is 1. The number of para-hydroxylation sites is 1. The molecule has 2 heterocycles. The van der Waals surface area contributed by atoms with Crippen LogP contribution in [0.2, 0.25) is 5.02 Å². The number of hydrogen-bond acceptors (Lipinski definition) is 4. The molecule has 0 aliphatic carbocycles. The Kier molecular flexibility index (Phi) is 6.64. The van der Waals surface area contributed by atoms with Crippen molar-refractivity contribution in [2.45, 2.75) is 6.04 Å². The number of rotatable bonds is 6. The van der Waals surface area contributed by atoms with Crippen LogP contribution in [0.4, 0.5) is 0 Å². The second-order valence-electron chi connectivity index (χ2n) is 7.05. The van der Waals surface area contributed by atoms with E-state index in [1.165, 1.54) is 0 Å². The summed E-state index contributed by atoms with van der Waals surface area (Å²) >= 11 is 11.9. The van der Waals surface area contributed by atoms with Gasteiger partial charge in [0.05, 0.1) is 19.3 Å². The highest BCUT2D eigenvalue weighted by Crippen LogP contribution is 2.28. The summed E-state index contributed by atoms with van der Waals surface area (Å²) in [6.07, 6.45) is 1.64. The third-order valence-electron chi connectivity index (χ3n) is 5.23. The zero-order chi connectivity index (χ0) is 20.9. The second kappa shape index (κ2) is 9.57. The van der Waals surface area contributed by atoms with Gasteiger partial charge in [0.2, 0.25) is 0 Å². The number of halogens is 1. The van der Waals surface area contributed by atoms with Crippen LogP contribution in [0.15, 0.2) is 60.8 Å². The number of morpholine rings is 1. The summed E-state index contributed by atoms with van der Waals surface area (Å²) in [5.74, 6) is -0.198. The molecular weight excluding hydrogens is 420 g/mol. The van der Waals surface area contributed by atoms with Crippen molar-refractivity contribution in [3.63, 3.8) is 0 Å². The molecule has 4 rings (SSSR count). The van der Waals surface area contributed by atoms with Gasteiger partial charge in [0.15, 0.2) is 4.77 Å². The first kappa shape index (κ1) is 20.8. The average molecular weight is 443 g/mol. The van der Waals surface area contributed by atoms with Gasteiger partial charge in [-0.2, -0.15) is 0 Å². The highest BCUT2D eigenvalue weighted by molar-refractivity contribution is 7.71. The molecule has 156 valence electrons. The van der Waals surface area contributed by atoms with Gasteiger partial charge in [-0.25, -0.2) is 0 Å². The van der Waals surface area contributed by atoms with E-state index in [1.807, 2.05) is 54.6 Å². The summed E-state index contributed by atoms with van der Waals surface area (Å²) in [6.45, 7) is 3.34. The molecule has 6 nitrogen and oxygen atoms in total. The molecule has 2 aromatic carbocycles. The maximum Gasteiger partial charge on any atom is 0.269 e. The van der Waals surface area contributed by atoms with Crippen LogP contribution >= 0.6 is 23.8 Å². The first-order chi connectivity index (χ1) is 14.6. The van der Waals surface area contributed by atoms with Crippen LogP contribution < -0.4 is 5.32 Å². The van der Waals surface area contributed by atoms with Gasteiger partial charge in [-0.1, -0.05) is 48.0 Å². The number of amides is 1. The third kappa shape index (κ3) is 4.49. The lowest BCUT2D eigenvalue weighted by Gasteiger charge is -2.35. The van der Waals surface area contributed by atoms with Crippen molar-refractivity contribution in [1.82, 2.24) is 19.8 Å². The zero-order valence-corrected chi connectivity index (χ0v) is 18.0. The quantitative estimate of drug-likeness (QED) is 0.566. The highest BCUT2D eigenvalue weighted by atomic mass is 35.5. The molecule has 0 spiro atoms. The molecule has 1 aliphatic rings. The van der Waals surface area contributed by atoms with Crippen molar-refractivity contribution in [3.05, 3.63) is 81.8 Å². The predicted octanol–water partition coefficient (Wildman–Crippen LogP) is 3.99. The SMILES string of the molecule is O=C(NCC(c1ccccc1Cl)N1CCOCC1)c1c[nH]c(=S)n1-c1ccccc1. The Morgan fingerprint density at radius 1 is 1.13 bits per heavy atom. The van der Waals surface area contributed by atoms with E-state index in [1.54, 1.807) is 10.8 Å². The number of nitrogens with zero attached hydrogens (tertiary/aromatic N) is 2. The lowest BCUT2D eigenvalue weighted by atomic mass is 10.0. The normalized spacial score (nSPS) is 15.6. The summed E-state index contributed by atoms with van der Waals surface area (Å²) in [7, 11) is 0. The number of benzene rings is 2. The number of H-pyrrole nitrogens is 1. The number of aromatic nitrogens is 2. The van der Waals surface area contributed by atoms with Gasteiger partial charge < -0.3 is 15.0 Å². The van der Waals surface area contributed by atoms with Crippen LogP contribution in [-0.2, 0) is 4.74 Å². The van der Waals surface area contributed by atoms with E-state index < -0.39 is 0 Å². The molecule has 1 fully saturated rings. The van der Waals surface area contributed by atoms with Gasteiger partial charge in [-0.15, -0.1) is 0 Å². The van der Waals surface area contributed by atoms with Crippen LogP contribution in [0.3, 0.4) is 0 Å². The topological polar surface area (TPSA) is 62.3 Å². The van der Waals surface area contributed by atoms with Crippen molar-refractivity contribution in [3.8, 4) is 5.69 Å². The van der Waals surface area contributed by atoms with Crippen molar-refractivity contribution in [2.75, 3.05) is 32.8 Å². The number of hydrogen-bond donors (Lipinski definition) is 2. The second-order valence-corrected chi connectivity index (χ2v) is 7.84. The van der Waals surface area contributed by atoms with Gasteiger partial charge in [-0.05, 0) is 36.0 Å². The lowest BCUT2D eigenvalue weighted by molar-refractivity contribution is 0.0162. The number of carbonyl (C=O) groups is 1. The fourth-order valence-electron chi connectivity index (χ4n) is 3.72. The molecule has 8 heteroatoms. The molecule has 1 amide bonds. The smallest absolute Gasteiger partial charge is 0.269 e. The zero-order valence-electron chi connectivity index (χ0n) is 16.4. The molecule has 0 radical (unpaired) electrons. The lowest BCUT2D eigenvalue weighted by Crippen LogP contribution is -2.44. The first-order valence-electron chi connectivity index (χ1n) is 9.85. The van der Waals surface area contributed by atoms with Crippen LogP contribution in [-0.4, -0.2) is 53.2 Å². The Morgan fingerprint density at radius 3 is 2.57 bits per heavy atom. The molecule has 1 aromatic heterocycles. The first-order valence-corrected chi connectivity index (χ1v) is 10.6. The van der Waals surface area contributed by atoms with E-state index in [9.17, 15) is 4.79 Å². The molecule has 0 bridgehead atoms. The Balaban J connectivity index is 1.57. The third-order valence-corrected chi connectivity index (χ3v) is 5.87.